The van der Waals surface area contributed by atoms with E-state index in [9.17, 15) is 4.79 Å². The summed E-state index contributed by atoms with van der Waals surface area (Å²) in [6.07, 6.45) is 1.71. The second-order valence-electron chi connectivity index (χ2n) is 7.63. The van der Waals surface area contributed by atoms with Gasteiger partial charge in [-0.15, -0.1) is 0 Å². The molecule has 5 aromatic rings. The number of halogens is 1. The van der Waals surface area contributed by atoms with Crippen LogP contribution in [0.15, 0.2) is 77.7 Å². The average Bonchev–Trinajstić information content (AvgIpc) is 2.84. The fraction of sp³-hybridized carbons (Fsp3) is 0.120. The minimum atomic E-state index is -0.286. The Labute approximate surface area is 195 Å². The Morgan fingerprint density at radius 1 is 1.00 bits per heavy atom. The maximum Gasteiger partial charge on any atom is 0.264 e. The highest BCUT2D eigenvalue weighted by Gasteiger charge is 2.19. The first-order valence-corrected chi connectivity index (χ1v) is 10.9. The van der Waals surface area contributed by atoms with Gasteiger partial charge in [-0.05, 0) is 48.7 Å². The second-order valence-corrected chi connectivity index (χ2v) is 8.04. The molecule has 2 aromatic carbocycles. The molecule has 0 fully saturated rings. The summed E-state index contributed by atoms with van der Waals surface area (Å²) in [6, 6.07) is 20.4. The molecule has 7 nitrogen and oxygen atoms in total. The van der Waals surface area contributed by atoms with Crippen LogP contribution >= 0.6 is 11.6 Å². The van der Waals surface area contributed by atoms with Crippen molar-refractivity contribution in [2.75, 3.05) is 17.7 Å². The van der Waals surface area contributed by atoms with Gasteiger partial charge in [0.15, 0.2) is 5.82 Å². The lowest BCUT2D eigenvalue weighted by molar-refractivity contribution is 0.774. The van der Waals surface area contributed by atoms with Gasteiger partial charge in [-0.3, -0.25) is 14.3 Å². The molecule has 33 heavy (non-hydrogen) atoms. The summed E-state index contributed by atoms with van der Waals surface area (Å²) in [5.74, 6) is 1.06. The standard InChI is InChI=1S/C25H21ClN6O/c1-15(29-23-22-19(12-7-13-28-22)30-25(27-2)31-23)20-14-16-8-6-11-18(26)21(16)24(33)32(20)17-9-4-3-5-10-17/h3-15H,1-2H3,(H2,27,29,30,31)/t15-/m0/s1. The first-order chi connectivity index (χ1) is 16.1. The normalized spacial score (nSPS) is 12.1. The number of anilines is 2. The zero-order valence-corrected chi connectivity index (χ0v) is 18.8. The lowest BCUT2D eigenvalue weighted by Crippen LogP contribution is -2.26. The molecule has 8 heteroatoms. The SMILES string of the molecule is CNc1nc(N[C@@H](C)c2cc3cccc(Cl)c3c(=O)n2-c2ccccc2)c2ncccc2n1. The molecule has 0 radical (unpaired) electrons. The van der Waals surface area contributed by atoms with Gasteiger partial charge in [0.25, 0.3) is 5.56 Å². The Bertz CT molecular complexity index is 1530. The summed E-state index contributed by atoms with van der Waals surface area (Å²) in [5.41, 5.74) is 2.73. The summed E-state index contributed by atoms with van der Waals surface area (Å²) < 4.78 is 1.70. The Morgan fingerprint density at radius 3 is 2.61 bits per heavy atom. The van der Waals surface area contributed by atoms with Crippen LogP contribution in [0.4, 0.5) is 11.8 Å². The van der Waals surface area contributed by atoms with Gasteiger partial charge in [-0.2, -0.15) is 4.98 Å². The largest absolute Gasteiger partial charge is 0.360 e. The molecule has 0 aliphatic carbocycles. The van der Waals surface area contributed by atoms with Crippen molar-refractivity contribution in [1.29, 1.82) is 0 Å². The van der Waals surface area contributed by atoms with Crippen molar-refractivity contribution in [2.45, 2.75) is 13.0 Å². The number of nitrogens with zero attached hydrogens (tertiary/aromatic N) is 4. The van der Waals surface area contributed by atoms with E-state index in [1.165, 1.54) is 0 Å². The van der Waals surface area contributed by atoms with Crippen molar-refractivity contribution in [1.82, 2.24) is 19.5 Å². The summed E-state index contributed by atoms with van der Waals surface area (Å²) >= 11 is 6.42. The van der Waals surface area contributed by atoms with Gasteiger partial charge < -0.3 is 10.6 Å². The molecule has 5 rings (SSSR count). The zero-order chi connectivity index (χ0) is 22.9. The Hall–Kier alpha value is -3.97. The number of para-hydroxylation sites is 1. The van der Waals surface area contributed by atoms with E-state index in [1.807, 2.05) is 67.6 Å². The summed E-state index contributed by atoms with van der Waals surface area (Å²) in [4.78, 5) is 27.2. The molecule has 0 aliphatic rings. The predicted octanol–water partition coefficient (Wildman–Crippen LogP) is 5.20. The third kappa shape index (κ3) is 3.76. The van der Waals surface area contributed by atoms with E-state index in [0.29, 0.717) is 27.7 Å². The number of benzene rings is 2. The smallest absolute Gasteiger partial charge is 0.264 e. The van der Waals surface area contributed by atoms with E-state index in [-0.39, 0.29) is 11.6 Å². The predicted molar refractivity (Wildman–Crippen MR) is 133 cm³/mol. The molecule has 2 N–H and O–H groups in total. The minimum absolute atomic E-state index is 0.172. The van der Waals surface area contributed by atoms with Gasteiger partial charge in [-0.25, -0.2) is 4.98 Å². The molecule has 0 saturated carbocycles. The van der Waals surface area contributed by atoms with Gasteiger partial charge in [0, 0.05) is 24.6 Å². The number of fused-ring (bicyclic) bond motifs is 2. The van der Waals surface area contributed by atoms with Crippen molar-refractivity contribution in [3.05, 3.63) is 94.0 Å². The van der Waals surface area contributed by atoms with Crippen molar-refractivity contribution < 1.29 is 0 Å². The number of aromatic nitrogens is 4. The molecule has 0 aliphatic heterocycles. The molecule has 164 valence electrons. The van der Waals surface area contributed by atoms with E-state index in [4.69, 9.17) is 11.6 Å². The molecule has 0 spiro atoms. The van der Waals surface area contributed by atoms with E-state index in [1.54, 1.807) is 23.9 Å². The first-order valence-electron chi connectivity index (χ1n) is 10.5. The Kier molecular flexibility index (Phi) is 5.40. The zero-order valence-electron chi connectivity index (χ0n) is 18.1. The highest BCUT2D eigenvalue weighted by Crippen LogP contribution is 2.28. The van der Waals surface area contributed by atoms with Crippen molar-refractivity contribution in [3.8, 4) is 5.69 Å². The van der Waals surface area contributed by atoms with Gasteiger partial charge in [0.1, 0.15) is 5.52 Å². The van der Waals surface area contributed by atoms with Gasteiger partial charge in [0.05, 0.1) is 22.0 Å². The Balaban J connectivity index is 1.71. The lowest BCUT2D eigenvalue weighted by atomic mass is 10.1. The molecule has 3 aromatic heterocycles. The maximum atomic E-state index is 13.6. The van der Waals surface area contributed by atoms with Crippen LogP contribution in [0.2, 0.25) is 5.02 Å². The van der Waals surface area contributed by atoms with Crippen molar-refractivity contribution >= 4 is 45.2 Å². The molecule has 1 atom stereocenters. The molecule has 3 heterocycles. The van der Waals surface area contributed by atoms with Crippen LogP contribution < -0.4 is 16.2 Å². The van der Waals surface area contributed by atoms with E-state index in [0.717, 1.165) is 22.3 Å². The van der Waals surface area contributed by atoms with Crippen LogP contribution in [0.5, 0.6) is 0 Å². The first kappa shape index (κ1) is 20.9. The number of rotatable bonds is 5. The van der Waals surface area contributed by atoms with Crippen LogP contribution in [0.1, 0.15) is 18.7 Å². The molecule has 0 unspecified atom stereocenters. The van der Waals surface area contributed by atoms with E-state index in [2.05, 4.69) is 25.6 Å². The third-order valence-corrected chi connectivity index (χ3v) is 5.83. The van der Waals surface area contributed by atoms with E-state index >= 15 is 0 Å². The number of nitrogens with one attached hydrogen (secondary N) is 2. The molecular formula is C25H21ClN6O. The number of hydrogen-bond acceptors (Lipinski definition) is 6. The van der Waals surface area contributed by atoms with Crippen LogP contribution in [-0.4, -0.2) is 26.6 Å². The second kappa shape index (κ2) is 8.52. The van der Waals surface area contributed by atoms with Crippen molar-refractivity contribution in [3.63, 3.8) is 0 Å². The molecular weight excluding hydrogens is 436 g/mol. The summed E-state index contributed by atoms with van der Waals surface area (Å²) in [6.45, 7) is 1.99. The summed E-state index contributed by atoms with van der Waals surface area (Å²) in [7, 11) is 1.77. The van der Waals surface area contributed by atoms with Crippen molar-refractivity contribution in [2.24, 2.45) is 0 Å². The quantitative estimate of drug-likeness (QED) is 0.378. The minimum Gasteiger partial charge on any atom is -0.360 e. The fourth-order valence-electron chi connectivity index (χ4n) is 3.96. The van der Waals surface area contributed by atoms with Crippen LogP contribution in [0.25, 0.3) is 27.5 Å². The maximum absolute atomic E-state index is 13.6. The lowest BCUT2D eigenvalue weighted by Gasteiger charge is -2.22. The fourth-order valence-corrected chi connectivity index (χ4v) is 4.22. The van der Waals surface area contributed by atoms with E-state index < -0.39 is 0 Å². The number of pyridine rings is 2. The van der Waals surface area contributed by atoms with Crippen LogP contribution in [0, 0.1) is 0 Å². The highest BCUT2D eigenvalue weighted by atomic mass is 35.5. The van der Waals surface area contributed by atoms with Crippen LogP contribution in [-0.2, 0) is 0 Å². The Morgan fingerprint density at radius 2 is 1.82 bits per heavy atom. The third-order valence-electron chi connectivity index (χ3n) is 5.51. The van der Waals surface area contributed by atoms with Gasteiger partial charge in [0.2, 0.25) is 5.95 Å². The topological polar surface area (TPSA) is 84.7 Å². The molecule has 0 saturated heterocycles. The summed E-state index contributed by atoms with van der Waals surface area (Å²) in [5, 5.41) is 8.14. The van der Waals surface area contributed by atoms with Gasteiger partial charge >= 0.3 is 0 Å². The molecule has 0 amide bonds. The highest BCUT2D eigenvalue weighted by molar-refractivity contribution is 6.35. The van der Waals surface area contributed by atoms with Gasteiger partial charge in [-0.1, -0.05) is 41.9 Å². The average molecular weight is 457 g/mol. The number of hydrogen-bond donors (Lipinski definition) is 2. The monoisotopic (exact) mass is 456 g/mol. The van der Waals surface area contributed by atoms with Crippen LogP contribution in [0.3, 0.4) is 0 Å². The molecule has 0 bridgehead atoms.